The Hall–Kier alpha value is -5.26. The molecule has 0 bridgehead atoms. The van der Waals surface area contributed by atoms with Crippen LogP contribution in [-0.2, 0) is 19.4 Å². The maximum atomic E-state index is 13.2. The lowest BCUT2D eigenvalue weighted by molar-refractivity contribution is 0.0815. The topological polar surface area (TPSA) is 178 Å². The number of amides is 1. The van der Waals surface area contributed by atoms with Crippen molar-refractivity contribution in [2.75, 3.05) is 18.5 Å². The molecule has 0 radical (unpaired) electrons. The maximum Gasteiger partial charge on any atom is 0.251 e. The van der Waals surface area contributed by atoms with Crippen LogP contribution < -0.4 is 16.4 Å². The Morgan fingerprint density at radius 1 is 1.02 bits per heavy atom. The molecule has 11 nitrogen and oxygen atoms in total. The highest BCUT2D eigenvalue weighted by Gasteiger charge is 2.18. The Labute approximate surface area is 246 Å². The van der Waals surface area contributed by atoms with Crippen LogP contribution in [0.4, 0.5) is 5.69 Å². The lowest BCUT2D eigenvalue weighted by Gasteiger charge is -2.13. The molecule has 2 heterocycles. The van der Waals surface area contributed by atoms with Crippen molar-refractivity contribution in [3.05, 3.63) is 102 Å². The van der Waals surface area contributed by atoms with E-state index in [1.165, 1.54) is 16.3 Å². The number of anilines is 1. The van der Waals surface area contributed by atoms with E-state index in [0.29, 0.717) is 58.8 Å². The summed E-state index contributed by atoms with van der Waals surface area (Å²) in [6.07, 6.45) is 0.0122. The number of hydrogen-bond acceptors (Lipinski definition) is 6. The number of rotatable bonds is 10. The van der Waals surface area contributed by atoms with Crippen molar-refractivity contribution >= 4 is 50.4 Å². The molecule has 4 aromatic carbocycles. The minimum atomic E-state index is -1.01. The molecule has 0 spiro atoms. The van der Waals surface area contributed by atoms with Gasteiger partial charge in [-0.05, 0) is 59.2 Å². The lowest BCUT2D eigenvalue weighted by Crippen LogP contribution is -2.26. The summed E-state index contributed by atoms with van der Waals surface area (Å²) in [4.78, 5) is 25.9. The quantitative estimate of drug-likeness (QED) is 0.0966. The molecule has 1 atom stereocenters. The molecule has 0 aliphatic heterocycles. The molecule has 0 aliphatic carbocycles. The number of fused-ring (bicyclic) bond motifs is 3. The van der Waals surface area contributed by atoms with Crippen LogP contribution in [0, 0.1) is 5.41 Å². The first-order chi connectivity index (χ1) is 20.9. The van der Waals surface area contributed by atoms with Crippen LogP contribution in [-0.4, -0.2) is 60.9 Å². The predicted molar refractivity (Wildman–Crippen MR) is 167 cm³/mol. The fourth-order valence-electron chi connectivity index (χ4n) is 5.37. The van der Waals surface area contributed by atoms with Gasteiger partial charge in [-0.15, -0.1) is 0 Å². The lowest BCUT2D eigenvalue weighted by atomic mass is 10.0. The third kappa shape index (κ3) is 6.03. The van der Waals surface area contributed by atoms with Gasteiger partial charge in [0.05, 0.1) is 47.7 Å². The Morgan fingerprint density at radius 3 is 2.70 bits per heavy atom. The number of H-pyrrole nitrogens is 1. The molecule has 0 saturated carbocycles. The number of benzene rings is 4. The van der Waals surface area contributed by atoms with Gasteiger partial charge >= 0.3 is 0 Å². The molecule has 1 unspecified atom stereocenters. The van der Waals surface area contributed by atoms with Crippen LogP contribution in [0.3, 0.4) is 0 Å². The molecule has 43 heavy (non-hydrogen) atoms. The van der Waals surface area contributed by atoms with Gasteiger partial charge in [-0.3, -0.25) is 10.2 Å². The van der Waals surface area contributed by atoms with E-state index in [1.54, 1.807) is 30.3 Å². The van der Waals surface area contributed by atoms with Gasteiger partial charge in [0.1, 0.15) is 11.6 Å². The fraction of sp³-hybridized carbons (Fsp3) is 0.188. The summed E-state index contributed by atoms with van der Waals surface area (Å²) in [5.41, 5.74) is 10.6. The average molecular weight is 577 g/mol. The molecule has 2 aromatic heterocycles. The number of nitrogens with zero attached hydrogens (tertiary/aromatic N) is 3. The zero-order valence-electron chi connectivity index (χ0n) is 23.3. The van der Waals surface area contributed by atoms with E-state index >= 15 is 0 Å². The van der Waals surface area contributed by atoms with Crippen molar-refractivity contribution in [1.29, 1.82) is 5.41 Å². The van der Waals surface area contributed by atoms with Gasteiger partial charge in [0.15, 0.2) is 5.96 Å². The summed E-state index contributed by atoms with van der Waals surface area (Å²) in [7, 11) is 0. The Balaban J connectivity index is 1.23. The first kappa shape index (κ1) is 27.9. The number of aromatic nitrogens is 4. The van der Waals surface area contributed by atoms with Crippen molar-refractivity contribution in [3.63, 3.8) is 0 Å². The summed E-state index contributed by atoms with van der Waals surface area (Å²) in [6, 6.07) is 25.1. The minimum absolute atomic E-state index is 0.0986. The monoisotopic (exact) mass is 576 g/mol. The van der Waals surface area contributed by atoms with Crippen LogP contribution >= 0.6 is 0 Å². The fourth-order valence-corrected chi connectivity index (χ4v) is 5.37. The molecule has 11 heteroatoms. The molecule has 218 valence electrons. The average Bonchev–Trinajstić information content (AvgIpc) is 3.56. The van der Waals surface area contributed by atoms with Crippen LogP contribution in [0.5, 0.6) is 0 Å². The van der Waals surface area contributed by atoms with Gasteiger partial charge in [0, 0.05) is 17.8 Å². The number of aliphatic hydroxyl groups excluding tert-OH is 2. The SMILES string of the molecule is N=C(N)Nc1ccc2[nH]c(Cc3nc4ccc(C(=O)NCCc5cccc6ccccc56)cc4n3CC(O)CO)nc2c1. The van der Waals surface area contributed by atoms with Crippen LogP contribution in [0.2, 0.25) is 0 Å². The van der Waals surface area contributed by atoms with Crippen molar-refractivity contribution in [3.8, 4) is 0 Å². The first-order valence-electron chi connectivity index (χ1n) is 14.0. The number of guanidine groups is 1. The van der Waals surface area contributed by atoms with E-state index in [9.17, 15) is 15.0 Å². The minimum Gasteiger partial charge on any atom is -0.394 e. The van der Waals surface area contributed by atoms with Crippen LogP contribution in [0.1, 0.15) is 27.6 Å². The molecular formula is C32H32N8O3. The second-order valence-electron chi connectivity index (χ2n) is 10.5. The first-order valence-corrected chi connectivity index (χ1v) is 14.0. The maximum absolute atomic E-state index is 13.2. The van der Waals surface area contributed by atoms with Gasteiger partial charge in [0.25, 0.3) is 5.91 Å². The summed E-state index contributed by atoms with van der Waals surface area (Å²) < 4.78 is 1.82. The van der Waals surface area contributed by atoms with Crippen molar-refractivity contribution in [2.45, 2.75) is 25.5 Å². The summed E-state index contributed by atoms with van der Waals surface area (Å²) in [6.45, 7) is 0.166. The van der Waals surface area contributed by atoms with Crippen molar-refractivity contribution in [1.82, 2.24) is 24.8 Å². The number of aromatic amines is 1. The Bertz CT molecular complexity index is 1960. The predicted octanol–water partition coefficient (Wildman–Crippen LogP) is 3.29. The molecule has 8 N–H and O–H groups in total. The van der Waals surface area contributed by atoms with E-state index in [2.05, 4.69) is 44.9 Å². The summed E-state index contributed by atoms with van der Waals surface area (Å²) >= 11 is 0. The number of nitrogens with one attached hydrogen (secondary N) is 4. The third-order valence-corrected chi connectivity index (χ3v) is 7.39. The third-order valence-electron chi connectivity index (χ3n) is 7.39. The Morgan fingerprint density at radius 2 is 1.86 bits per heavy atom. The smallest absolute Gasteiger partial charge is 0.251 e. The highest BCUT2D eigenvalue weighted by Crippen LogP contribution is 2.23. The van der Waals surface area contributed by atoms with Crippen LogP contribution in [0.15, 0.2) is 78.9 Å². The number of hydrogen-bond donors (Lipinski definition) is 7. The largest absolute Gasteiger partial charge is 0.394 e. The highest BCUT2D eigenvalue weighted by atomic mass is 16.3. The van der Waals surface area contributed by atoms with Crippen molar-refractivity contribution < 1.29 is 15.0 Å². The zero-order valence-corrected chi connectivity index (χ0v) is 23.3. The highest BCUT2D eigenvalue weighted by molar-refractivity contribution is 5.97. The normalized spacial score (nSPS) is 12.1. The van der Waals surface area contributed by atoms with E-state index < -0.39 is 12.7 Å². The van der Waals surface area contributed by atoms with Gasteiger partial charge in [-0.2, -0.15) is 0 Å². The van der Waals surface area contributed by atoms with E-state index in [0.717, 1.165) is 5.52 Å². The van der Waals surface area contributed by atoms with E-state index in [-0.39, 0.29) is 18.4 Å². The van der Waals surface area contributed by atoms with Gasteiger partial charge in [-0.1, -0.05) is 42.5 Å². The van der Waals surface area contributed by atoms with Crippen LogP contribution in [0.25, 0.3) is 32.8 Å². The molecule has 6 rings (SSSR count). The van der Waals surface area contributed by atoms with E-state index in [1.807, 2.05) is 28.8 Å². The molecule has 0 saturated heterocycles. The molecule has 6 aromatic rings. The second kappa shape index (κ2) is 11.9. The Kier molecular flexibility index (Phi) is 7.73. The molecular weight excluding hydrogens is 544 g/mol. The molecule has 1 amide bonds. The summed E-state index contributed by atoms with van der Waals surface area (Å²) in [5, 5.41) is 35.5. The molecule has 0 fully saturated rings. The number of nitrogens with two attached hydrogens (primary N) is 1. The van der Waals surface area contributed by atoms with Crippen molar-refractivity contribution in [2.24, 2.45) is 5.73 Å². The number of aliphatic hydroxyl groups is 2. The van der Waals surface area contributed by atoms with Gasteiger partial charge in [0.2, 0.25) is 0 Å². The number of carbonyl (C=O) groups excluding carboxylic acids is 1. The number of carbonyl (C=O) groups is 1. The second-order valence-corrected chi connectivity index (χ2v) is 10.5. The number of imidazole rings is 2. The summed E-state index contributed by atoms with van der Waals surface area (Å²) in [5.74, 6) is 0.907. The van der Waals surface area contributed by atoms with Gasteiger partial charge in [-0.25, -0.2) is 9.97 Å². The standard InChI is InChI=1S/C32H32N8O3/c33-32(34)36-22-9-11-25-27(15-22)38-29(37-25)16-30-39-26-10-8-21(14-28(26)40(30)17-23(42)18-41)31(43)35-13-12-20-6-3-5-19-4-1-2-7-24(19)20/h1-11,14-15,23,41-42H,12-13,16-18H2,(H,35,43)(H,37,38)(H4,33,34,36). The molecule has 0 aliphatic rings. The van der Waals surface area contributed by atoms with E-state index in [4.69, 9.17) is 16.1 Å². The zero-order chi connectivity index (χ0) is 29.9. The van der Waals surface area contributed by atoms with Gasteiger partial charge < -0.3 is 36.1 Å².